The molecule has 7 nitrogen and oxygen atoms in total. The number of nitrogens with zero attached hydrogens (tertiary/aromatic N) is 4. The maximum Gasteiger partial charge on any atom is 0.303 e. The van der Waals surface area contributed by atoms with Crippen LogP contribution in [0.5, 0.6) is 0 Å². The van der Waals surface area contributed by atoms with E-state index in [1.165, 1.54) is 0 Å². The van der Waals surface area contributed by atoms with Gasteiger partial charge in [-0.2, -0.15) is 0 Å². The second-order valence-electron chi connectivity index (χ2n) is 4.78. The molecule has 1 fully saturated rings. The van der Waals surface area contributed by atoms with E-state index >= 15 is 0 Å². The van der Waals surface area contributed by atoms with Gasteiger partial charge in [0, 0.05) is 19.6 Å². The number of carboxylic acids is 1. The Kier molecular flexibility index (Phi) is 4.24. The number of tetrazole rings is 1. The van der Waals surface area contributed by atoms with Crippen LogP contribution in [0, 0.1) is 5.92 Å². The molecule has 2 atom stereocenters. The van der Waals surface area contributed by atoms with Crippen LogP contribution in [-0.4, -0.2) is 37.9 Å². The van der Waals surface area contributed by atoms with E-state index in [4.69, 9.17) is 9.84 Å². The molecule has 2 rings (SSSR count). The summed E-state index contributed by atoms with van der Waals surface area (Å²) >= 11 is 0. The first kappa shape index (κ1) is 12.9. The fourth-order valence-electron chi connectivity index (χ4n) is 2.17. The zero-order valence-corrected chi connectivity index (χ0v) is 10.4. The van der Waals surface area contributed by atoms with Gasteiger partial charge in [-0.1, -0.05) is 6.92 Å². The predicted molar refractivity (Wildman–Crippen MR) is 61.8 cm³/mol. The maximum absolute atomic E-state index is 10.6. The third-order valence-corrected chi connectivity index (χ3v) is 3.03. The molecule has 2 heterocycles. The zero-order valence-electron chi connectivity index (χ0n) is 10.4. The Morgan fingerprint density at radius 2 is 2.44 bits per heavy atom. The van der Waals surface area contributed by atoms with Crippen LogP contribution in [0.4, 0.5) is 0 Å². The number of ether oxygens (including phenoxy) is 1. The van der Waals surface area contributed by atoms with E-state index in [1.807, 2.05) is 6.92 Å². The molecule has 1 N–H and O–H groups in total. The standard InChI is InChI=1S/C11H18N4O3/c1-8(6-10(16)17)7-15-11(12-13-14-15)9-4-2-3-5-18-9/h8-9H,2-7H2,1H3,(H,16,17). The summed E-state index contributed by atoms with van der Waals surface area (Å²) in [6.45, 7) is 3.12. The minimum absolute atomic E-state index is 0.00617. The van der Waals surface area contributed by atoms with Crippen LogP contribution >= 0.6 is 0 Å². The molecule has 0 spiro atoms. The van der Waals surface area contributed by atoms with Crippen LogP contribution in [0.3, 0.4) is 0 Å². The molecule has 1 aliphatic heterocycles. The molecule has 18 heavy (non-hydrogen) atoms. The summed E-state index contributed by atoms with van der Waals surface area (Å²) in [5, 5.41) is 20.3. The van der Waals surface area contributed by atoms with Crippen LogP contribution in [0.1, 0.15) is 44.5 Å². The van der Waals surface area contributed by atoms with Gasteiger partial charge in [-0.15, -0.1) is 5.10 Å². The lowest BCUT2D eigenvalue weighted by molar-refractivity contribution is -0.138. The Hall–Kier alpha value is -1.50. The largest absolute Gasteiger partial charge is 0.481 e. The monoisotopic (exact) mass is 254 g/mol. The number of carbonyl (C=O) groups is 1. The lowest BCUT2D eigenvalue weighted by atomic mass is 10.1. The van der Waals surface area contributed by atoms with Gasteiger partial charge in [0.15, 0.2) is 5.82 Å². The first-order chi connectivity index (χ1) is 8.66. The average molecular weight is 254 g/mol. The van der Waals surface area contributed by atoms with Crippen LogP contribution < -0.4 is 0 Å². The number of aromatic nitrogens is 4. The molecule has 0 aromatic carbocycles. The fourth-order valence-corrected chi connectivity index (χ4v) is 2.17. The van der Waals surface area contributed by atoms with Crippen LogP contribution in [0.15, 0.2) is 0 Å². The molecule has 0 saturated carbocycles. The Bertz CT molecular complexity index is 401. The van der Waals surface area contributed by atoms with Crippen molar-refractivity contribution in [3.8, 4) is 0 Å². The second kappa shape index (κ2) is 5.90. The molecule has 0 amide bonds. The van der Waals surface area contributed by atoms with Gasteiger partial charge in [-0.05, 0) is 35.6 Å². The molecule has 100 valence electrons. The van der Waals surface area contributed by atoms with Gasteiger partial charge in [0.1, 0.15) is 6.10 Å². The summed E-state index contributed by atoms with van der Waals surface area (Å²) in [5.74, 6) is -0.0914. The first-order valence-electron chi connectivity index (χ1n) is 6.26. The highest BCUT2D eigenvalue weighted by Gasteiger charge is 2.23. The minimum Gasteiger partial charge on any atom is -0.481 e. The van der Waals surface area contributed by atoms with E-state index < -0.39 is 5.97 Å². The Morgan fingerprint density at radius 1 is 1.61 bits per heavy atom. The van der Waals surface area contributed by atoms with Gasteiger partial charge in [0.05, 0.1) is 0 Å². The van der Waals surface area contributed by atoms with Gasteiger partial charge < -0.3 is 9.84 Å². The van der Waals surface area contributed by atoms with Gasteiger partial charge in [0.25, 0.3) is 0 Å². The fraction of sp³-hybridized carbons (Fsp3) is 0.818. The van der Waals surface area contributed by atoms with Gasteiger partial charge >= 0.3 is 5.97 Å². The van der Waals surface area contributed by atoms with Crippen LogP contribution in [-0.2, 0) is 16.1 Å². The number of carboxylic acid groups (broad SMARTS) is 1. The highest BCUT2D eigenvalue weighted by molar-refractivity contribution is 5.66. The van der Waals surface area contributed by atoms with Crippen LogP contribution in [0.25, 0.3) is 0 Å². The highest BCUT2D eigenvalue weighted by Crippen LogP contribution is 2.26. The van der Waals surface area contributed by atoms with Crippen molar-refractivity contribution in [1.82, 2.24) is 20.2 Å². The van der Waals surface area contributed by atoms with Crippen molar-refractivity contribution in [3.63, 3.8) is 0 Å². The summed E-state index contributed by atoms with van der Waals surface area (Å²) in [6.07, 6.45) is 3.18. The summed E-state index contributed by atoms with van der Waals surface area (Å²) in [7, 11) is 0. The third-order valence-electron chi connectivity index (χ3n) is 3.03. The quantitative estimate of drug-likeness (QED) is 0.843. The average Bonchev–Trinajstić information content (AvgIpc) is 2.77. The van der Waals surface area contributed by atoms with E-state index in [0.29, 0.717) is 12.4 Å². The Morgan fingerprint density at radius 3 is 3.11 bits per heavy atom. The van der Waals surface area contributed by atoms with Crippen molar-refractivity contribution in [2.45, 2.75) is 45.3 Å². The van der Waals surface area contributed by atoms with E-state index in [2.05, 4.69) is 15.5 Å². The molecule has 0 bridgehead atoms. The summed E-state index contributed by atoms with van der Waals surface area (Å²) < 4.78 is 7.32. The lowest BCUT2D eigenvalue weighted by Gasteiger charge is -2.22. The van der Waals surface area contributed by atoms with E-state index in [-0.39, 0.29) is 18.4 Å². The van der Waals surface area contributed by atoms with Gasteiger partial charge in [0.2, 0.25) is 0 Å². The molecule has 2 unspecified atom stereocenters. The molecule has 0 aliphatic carbocycles. The second-order valence-corrected chi connectivity index (χ2v) is 4.78. The summed E-state index contributed by atoms with van der Waals surface area (Å²) in [4.78, 5) is 10.6. The topological polar surface area (TPSA) is 90.1 Å². The molecular weight excluding hydrogens is 236 g/mol. The lowest BCUT2D eigenvalue weighted by Crippen LogP contribution is -2.20. The zero-order chi connectivity index (χ0) is 13.0. The highest BCUT2D eigenvalue weighted by atomic mass is 16.5. The molecule has 0 radical (unpaired) electrons. The van der Waals surface area contributed by atoms with E-state index in [1.54, 1.807) is 4.68 Å². The van der Waals surface area contributed by atoms with Crippen molar-refractivity contribution in [2.24, 2.45) is 5.92 Å². The Labute approximate surface area is 105 Å². The minimum atomic E-state index is -0.800. The SMILES string of the molecule is CC(CC(=O)O)Cn1nnnc1C1CCCCO1. The number of hydrogen-bond acceptors (Lipinski definition) is 5. The normalized spacial score (nSPS) is 21.7. The molecule has 1 aromatic heterocycles. The smallest absolute Gasteiger partial charge is 0.303 e. The first-order valence-corrected chi connectivity index (χ1v) is 6.26. The predicted octanol–water partition coefficient (Wildman–Crippen LogP) is 1.03. The number of hydrogen-bond donors (Lipinski definition) is 1. The van der Waals surface area contributed by atoms with Gasteiger partial charge in [-0.25, -0.2) is 4.68 Å². The molecule has 1 aliphatic rings. The van der Waals surface area contributed by atoms with Crippen molar-refractivity contribution in [1.29, 1.82) is 0 Å². The number of rotatable bonds is 5. The van der Waals surface area contributed by atoms with Crippen molar-refractivity contribution >= 4 is 5.97 Å². The van der Waals surface area contributed by atoms with Crippen molar-refractivity contribution in [2.75, 3.05) is 6.61 Å². The van der Waals surface area contributed by atoms with Gasteiger partial charge in [-0.3, -0.25) is 4.79 Å². The number of aliphatic carboxylic acids is 1. The maximum atomic E-state index is 10.6. The summed E-state index contributed by atoms with van der Waals surface area (Å²) in [6, 6.07) is 0. The van der Waals surface area contributed by atoms with Crippen LogP contribution in [0.2, 0.25) is 0 Å². The molecule has 1 aromatic rings. The van der Waals surface area contributed by atoms with Crippen molar-refractivity contribution < 1.29 is 14.6 Å². The molecule has 7 heteroatoms. The summed E-state index contributed by atoms with van der Waals surface area (Å²) in [5.41, 5.74) is 0. The molecular formula is C11H18N4O3. The van der Waals surface area contributed by atoms with Crippen molar-refractivity contribution in [3.05, 3.63) is 5.82 Å². The van der Waals surface area contributed by atoms with E-state index in [0.717, 1.165) is 25.9 Å². The van der Waals surface area contributed by atoms with E-state index in [9.17, 15) is 4.79 Å². The molecule has 1 saturated heterocycles. The Balaban J connectivity index is 2.00. The third kappa shape index (κ3) is 3.25.